The Balaban J connectivity index is 1.47. The minimum Gasteiger partial charge on any atom is -0.481 e. The lowest BCUT2D eigenvalue weighted by atomic mass is 9.91. The van der Waals surface area contributed by atoms with E-state index < -0.39 is 40.9 Å². The Morgan fingerprint density at radius 3 is 2.16 bits per heavy atom. The van der Waals surface area contributed by atoms with Gasteiger partial charge in [0.05, 0.1) is 4.92 Å². The van der Waals surface area contributed by atoms with E-state index in [1.54, 1.807) is 42.5 Å². The largest absolute Gasteiger partial charge is 0.481 e. The average molecular weight is 618 g/mol. The minimum absolute atomic E-state index is 0.0321. The van der Waals surface area contributed by atoms with E-state index in [1.807, 2.05) is 0 Å². The molecule has 2 unspecified atom stereocenters. The van der Waals surface area contributed by atoms with E-state index in [2.05, 4.69) is 16.0 Å². The van der Waals surface area contributed by atoms with E-state index in [-0.39, 0.29) is 31.0 Å². The number of fused-ring (bicyclic) bond motifs is 1. The Kier molecular flexibility index (Phi) is 10.1. The lowest BCUT2D eigenvalue weighted by Crippen LogP contribution is -2.51. The number of benzene rings is 3. The van der Waals surface area contributed by atoms with E-state index in [0.717, 1.165) is 5.56 Å². The van der Waals surface area contributed by atoms with Crippen molar-refractivity contribution in [2.75, 3.05) is 17.2 Å². The molecule has 0 radical (unpaired) electrons. The highest BCUT2D eigenvalue weighted by Gasteiger charge is 2.36. The van der Waals surface area contributed by atoms with Crippen LogP contribution in [0.3, 0.4) is 0 Å². The highest BCUT2D eigenvalue weighted by molar-refractivity contribution is 6.00. The van der Waals surface area contributed by atoms with Gasteiger partial charge < -0.3 is 31.1 Å². The number of carboxylic acid groups (broad SMARTS) is 2. The van der Waals surface area contributed by atoms with Crippen molar-refractivity contribution in [3.8, 4) is 0 Å². The number of hydrogen-bond acceptors (Lipinski definition) is 7. The van der Waals surface area contributed by atoms with Gasteiger partial charge >= 0.3 is 18.0 Å². The van der Waals surface area contributed by atoms with E-state index in [4.69, 9.17) is 5.11 Å². The SMILES string of the molecule is CC(=O)N1CCc2cc(NC(=O)Nc3ccc([N+](=O)[O-])cc3)ccc2C1C(=O)NC(Cc1ccc(CCC(=O)O)cc1)C(=O)O. The maximum Gasteiger partial charge on any atom is 0.326 e. The molecule has 3 aromatic rings. The normalized spacial score (nSPS) is 14.4. The van der Waals surface area contributed by atoms with Crippen LogP contribution in [0.4, 0.5) is 21.9 Å². The van der Waals surface area contributed by atoms with Crippen molar-refractivity contribution in [3.63, 3.8) is 0 Å². The maximum absolute atomic E-state index is 13.6. The Morgan fingerprint density at radius 2 is 1.56 bits per heavy atom. The standard InChI is InChI=1S/C31H31N5O9/c1-18(37)35-15-14-21-17-23(33-31(43)32-22-7-10-24(11-8-22)36(44)45)9-12-25(21)28(35)29(40)34-26(30(41)42)16-20-4-2-19(3-5-20)6-13-27(38)39/h2-5,7-12,17,26,28H,6,13-16H2,1H3,(H,34,40)(H,38,39)(H,41,42)(H2,32,33,43). The zero-order valence-electron chi connectivity index (χ0n) is 24.2. The first-order chi connectivity index (χ1) is 21.4. The second-order valence-electron chi connectivity index (χ2n) is 10.5. The molecule has 14 heteroatoms. The van der Waals surface area contributed by atoms with Gasteiger partial charge in [0, 0.05) is 49.8 Å². The van der Waals surface area contributed by atoms with Crippen molar-refractivity contribution in [1.29, 1.82) is 0 Å². The van der Waals surface area contributed by atoms with Crippen molar-refractivity contribution in [2.24, 2.45) is 0 Å². The molecule has 2 atom stereocenters. The molecule has 0 spiro atoms. The second-order valence-corrected chi connectivity index (χ2v) is 10.5. The topological polar surface area (TPSA) is 208 Å². The Labute approximate surface area is 257 Å². The van der Waals surface area contributed by atoms with Gasteiger partial charge in [-0.15, -0.1) is 0 Å². The number of rotatable bonds is 11. The number of carboxylic acids is 2. The molecule has 45 heavy (non-hydrogen) atoms. The highest BCUT2D eigenvalue weighted by atomic mass is 16.6. The predicted octanol–water partition coefficient (Wildman–Crippen LogP) is 3.51. The number of carbonyl (C=O) groups is 5. The predicted molar refractivity (Wildman–Crippen MR) is 162 cm³/mol. The molecule has 4 rings (SSSR count). The first kappa shape index (κ1) is 32.1. The first-order valence-corrected chi connectivity index (χ1v) is 14.0. The number of hydrogen-bond donors (Lipinski definition) is 5. The van der Waals surface area contributed by atoms with Crippen LogP contribution in [0.25, 0.3) is 0 Å². The van der Waals surface area contributed by atoms with E-state index >= 15 is 0 Å². The summed E-state index contributed by atoms with van der Waals surface area (Å²) in [6.07, 6.45) is 0.648. The third kappa shape index (κ3) is 8.40. The van der Waals surface area contributed by atoms with Gasteiger partial charge in [-0.25, -0.2) is 9.59 Å². The lowest BCUT2D eigenvalue weighted by Gasteiger charge is -2.36. The van der Waals surface area contributed by atoms with Crippen molar-refractivity contribution in [3.05, 3.63) is 99.1 Å². The van der Waals surface area contributed by atoms with Crippen LogP contribution in [0, 0.1) is 10.1 Å². The fourth-order valence-electron chi connectivity index (χ4n) is 5.07. The molecule has 0 fully saturated rings. The van der Waals surface area contributed by atoms with Gasteiger partial charge in [0.2, 0.25) is 11.8 Å². The summed E-state index contributed by atoms with van der Waals surface area (Å²) in [5.74, 6) is -3.22. The van der Waals surface area contributed by atoms with Crippen molar-refractivity contribution >= 4 is 46.8 Å². The molecule has 5 N–H and O–H groups in total. The summed E-state index contributed by atoms with van der Waals surface area (Å²) in [6.45, 7) is 1.51. The number of nitro benzene ring substituents is 1. The number of aryl methyl sites for hydroxylation is 1. The van der Waals surface area contributed by atoms with Crippen molar-refractivity contribution < 1.29 is 39.1 Å². The number of amides is 4. The number of anilines is 2. The number of carbonyl (C=O) groups excluding carboxylic acids is 3. The summed E-state index contributed by atoms with van der Waals surface area (Å²) >= 11 is 0. The van der Waals surface area contributed by atoms with Gasteiger partial charge in [-0.3, -0.25) is 24.5 Å². The zero-order chi connectivity index (χ0) is 32.7. The summed E-state index contributed by atoms with van der Waals surface area (Å²) < 4.78 is 0. The molecule has 0 aliphatic carbocycles. The van der Waals surface area contributed by atoms with Crippen LogP contribution in [0.1, 0.15) is 41.6 Å². The van der Waals surface area contributed by atoms with Crippen molar-refractivity contribution in [2.45, 2.75) is 44.7 Å². The number of aliphatic carboxylic acids is 2. The fraction of sp³-hybridized carbons (Fsp3) is 0.258. The quantitative estimate of drug-likeness (QED) is 0.157. The molecule has 14 nitrogen and oxygen atoms in total. The number of nitrogens with one attached hydrogen (secondary N) is 3. The molecule has 1 heterocycles. The van der Waals surface area contributed by atoms with Gasteiger partial charge in [-0.1, -0.05) is 30.3 Å². The van der Waals surface area contributed by atoms with Crippen molar-refractivity contribution in [1.82, 2.24) is 10.2 Å². The molecule has 3 aromatic carbocycles. The molecular weight excluding hydrogens is 586 g/mol. The lowest BCUT2D eigenvalue weighted by molar-refractivity contribution is -0.384. The summed E-state index contributed by atoms with van der Waals surface area (Å²) in [5.41, 5.74) is 3.20. The third-order valence-corrected chi connectivity index (χ3v) is 7.32. The summed E-state index contributed by atoms with van der Waals surface area (Å²) in [6, 6.07) is 13.9. The molecule has 0 aromatic heterocycles. The van der Waals surface area contributed by atoms with Crippen LogP contribution >= 0.6 is 0 Å². The fourth-order valence-corrected chi connectivity index (χ4v) is 5.07. The maximum atomic E-state index is 13.6. The Morgan fingerprint density at radius 1 is 0.933 bits per heavy atom. The van der Waals surface area contributed by atoms with Crippen LogP contribution in [0.5, 0.6) is 0 Å². The summed E-state index contributed by atoms with van der Waals surface area (Å²) in [5, 5.41) is 37.4. The van der Waals surface area contributed by atoms with Crippen LogP contribution in [0.2, 0.25) is 0 Å². The average Bonchev–Trinajstić information content (AvgIpc) is 2.99. The molecule has 4 amide bonds. The van der Waals surface area contributed by atoms with E-state index in [1.165, 1.54) is 36.1 Å². The van der Waals surface area contributed by atoms with Gasteiger partial charge in [-0.2, -0.15) is 0 Å². The van der Waals surface area contributed by atoms with Gasteiger partial charge in [0.15, 0.2) is 0 Å². The summed E-state index contributed by atoms with van der Waals surface area (Å²) in [7, 11) is 0. The molecule has 1 aliphatic heterocycles. The second kappa shape index (κ2) is 14.1. The Hall–Kier alpha value is -5.79. The van der Waals surface area contributed by atoms with Gasteiger partial charge in [0.25, 0.3) is 5.69 Å². The van der Waals surface area contributed by atoms with Crippen LogP contribution in [-0.4, -0.2) is 62.4 Å². The molecule has 1 aliphatic rings. The van der Waals surface area contributed by atoms with Gasteiger partial charge in [-0.05, 0) is 59.4 Å². The molecule has 0 bridgehead atoms. The molecule has 0 saturated heterocycles. The van der Waals surface area contributed by atoms with Crippen LogP contribution in [-0.2, 0) is 38.4 Å². The monoisotopic (exact) mass is 617 g/mol. The number of non-ortho nitro benzene ring substituents is 1. The van der Waals surface area contributed by atoms with E-state index in [0.29, 0.717) is 40.9 Å². The van der Waals surface area contributed by atoms with E-state index in [9.17, 15) is 39.2 Å². The minimum atomic E-state index is -1.30. The van der Waals surface area contributed by atoms with Gasteiger partial charge in [0.1, 0.15) is 12.1 Å². The van der Waals surface area contributed by atoms with Crippen LogP contribution < -0.4 is 16.0 Å². The number of nitrogens with zero attached hydrogens (tertiary/aromatic N) is 2. The number of urea groups is 1. The first-order valence-electron chi connectivity index (χ1n) is 14.0. The zero-order valence-corrected chi connectivity index (χ0v) is 24.2. The molecule has 234 valence electrons. The Bertz CT molecular complexity index is 1620. The molecule has 0 saturated carbocycles. The third-order valence-electron chi connectivity index (χ3n) is 7.32. The smallest absolute Gasteiger partial charge is 0.326 e. The highest BCUT2D eigenvalue weighted by Crippen LogP contribution is 2.32. The number of nitro groups is 1. The van der Waals surface area contributed by atoms with Crippen LogP contribution in [0.15, 0.2) is 66.7 Å². The summed E-state index contributed by atoms with van der Waals surface area (Å²) in [4.78, 5) is 73.2. The molecular formula is C31H31N5O9.